The van der Waals surface area contributed by atoms with Gasteiger partial charge in [-0.1, -0.05) is 30.1 Å². The van der Waals surface area contributed by atoms with Crippen LogP contribution in [0.15, 0.2) is 18.2 Å². The molecule has 1 atom stereocenters. The molecule has 0 saturated carbocycles. The van der Waals surface area contributed by atoms with Crippen molar-refractivity contribution in [2.24, 2.45) is 0 Å². The number of nitrogens with zero attached hydrogens (tertiary/aromatic N) is 1. The number of carbonyl (C=O) groups is 2. The van der Waals surface area contributed by atoms with Crippen LogP contribution in [0.3, 0.4) is 0 Å². The summed E-state index contributed by atoms with van der Waals surface area (Å²) in [6.07, 6.45) is 2.89. The molecule has 1 unspecified atom stereocenters. The Morgan fingerprint density at radius 1 is 1.29 bits per heavy atom. The van der Waals surface area contributed by atoms with Crippen LogP contribution in [0, 0.1) is 0 Å². The zero-order valence-corrected chi connectivity index (χ0v) is 15.3. The summed E-state index contributed by atoms with van der Waals surface area (Å²) in [7, 11) is 0. The third-order valence-corrected chi connectivity index (χ3v) is 4.61. The van der Waals surface area contributed by atoms with Crippen molar-refractivity contribution in [2.45, 2.75) is 38.6 Å². The standard InChI is InChI=1S/C17H23Cl2N3O2/c1-2-16(23)20-13-4-3-8-22(11-13)9-7-17(24)21-15-10-12(18)5-6-14(15)19/h5-6,10,13H,2-4,7-9,11H2,1H3,(H,20,23)(H,21,24). The smallest absolute Gasteiger partial charge is 0.225 e. The maximum Gasteiger partial charge on any atom is 0.225 e. The quantitative estimate of drug-likeness (QED) is 0.806. The Morgan fingerprint density at radius 3 is 2.83 bits per heavy atom. The van der Waals surface area contributed by atoms with Gasteiger partial charge in [-0.3, -0.25) is 9.59 Å². The molecular weight excluding hydrogens is 349 g/mol. The maximum absolute atomic E-state index is 12.1. The number of hydrogen-bond acceptors (Lipinski definition) is 3. The van der Waals surface area contributed by atoms with Gasteiger partial charge in [0.2, 0.25) is 11.8 Å². The second kappa shape index (κ2) is 9.25. The number of benzene rings is 1. The molecule has 7 heteroatoms. The van der Waals surface area contributed by atoms with Crippen LogP contribution in [0.1, 0.15) is 32.6 Å². The van der Waals surface area contributed by atoms with Crippen LogP contribution in [0.4, 0.5) is 5.69 Å². The molecule has 1 saturated heterocycles. The van der Waals surface area contributed by atoms with Crippen LogP contribution in [0.5, 0.6) is 0 Å². The van der Waals surface area contributed by atoms with Crippen LogP contribution in [-0.4, -0.2) is 42.4 Å². The van der Waals surface area contributed by atoms with E-state index in [0.29, 0.717) is 35.1 Å². The first-order valence-corrected chi connectivity index (χ1v) is 9.00. The summed E-state index contributed by atoms with van der Waals surface area (Å²) < 4.78 is 0. The number of piperidine rings is 1. The highest BCUT2D eigenvalue weighted by Gasteiger charge is 2.21. The zero-order chi connectivity index (χ0) is 17.5. The topological polar surface area (TPSA) is 61.4 Å². The van der Waals surface area contributed by atoms with Gasteiger partial charge in [0.15, 0.2) is 0 Å². The molecule has 0 aliphatic carbocycles. The first-order valence-electron chi connectivity index (χ1n) is 8.24. The summed E-state index contributed by atoms with van der Waals surface area (Å²) in [6, 6.07) is 5.15. The van der Waals surface area contributed by atoms with Crippen molar-refractivity contribution in [1.29, 1.82) is 0 Å². The summed E-state index contributed by atoms with van der Waals surface area (Å²) >= 11 is 12.0. The average molecular weight is 372 g/mol. The lowest BCUT2D eigenvalue weighted by atomic mass is 10.1. The number of halogens is 2. The van der Waals surface area contributed by atoms with Crippen molar-refractivity contribution in [3.05, 3.63) is 28.2 Å². The number of amides is 2. The van der Waals surface area contributed by atoms with Gasteiger partial charge in [-0.25, -0.2) is 0 Å². The molecule has 1 aromatic carbocycles. The zero-order valence-electron chi connectivity index (χ0n) is 13.8. The summed E-state index contributed by atoms with van der Waals surface area (Å²) in [5.41, 5.74) is 0.529. The maximum atomic E-state index is 12.1. The molecular formula is C17H23Cl2N3O2. The first-order chi connectivity index (χ1) is 11.5. The molecule has 0 bridgehead atoms. The predicted octanol–water partition coefficient (Wildman–Crippen LogP) is 3.31. The van der Waals surface area contributed by atoms with Crippen molar-refractivity contribution in [2.75, 3.05) is 25.0 Å². The van der Waals surface area contributed by atoms with E-state index in [0.717, 1.165) is 25.9 Å². The van der Waals surface area contributed by atoms with Gasteiger partial charge in [0.05, 0.1) is 10.7 Å². The fraction of sp³-hybridized carbons (Fsp3) is 0.529. The van der Waals surface area contributed by atoms with Crippen molar-refractivity contribution in [1.82, 2.24) is 10.2 Å². The van der Waals surface area contributed by atoms with E-state index in [-0.39, 0.29) is 17.9 Å². The van der Waals surface area contributed by atoms with Crippen molar-refractivity contribution >= 4 is 40.7 Å². The molecule has 2 N–H and O–H groups in total. The molecule has 2 rings (SSSR count). The van der Waals surface area contributed by atoms with E-state index in [1.54, 1.807) is 18.2 Å². The van der Waals surface area contributed by atoms with Gasteiger partial charge in [0.1, 0.15) is 0 Å². The molecule has 5 nitrogen and oxygen atoms in total. The molecule has 0 aromatic heterocycles. The lowest BCUT2D eigenvalue weighted by Gasteiger charge is -2.32. The molecule has 1 aliphatic rings. The van der Waals surface area contributed by atoms with Gasteiger partial charge >= 0.3 is 0 Å². The molecule has 1 aliphatic heterocycles. The fourth-order valence-electron chi connectivity index (χ4n) is 2.77. The summed E-state index contributed by atoms with van der Waals surface area (Å²) in [6.45, 7) is 4.24. The van der Waals surface area contributed by atoms with E-state index in [1.807, 2.05) is 6.92 Å². The minimum atomic E-state index is -0.0983. The van der Waals surface area contributed by atoms with Crippen molar-refractivity contribution < 1.29 is 9.59 Å². The van der Waals surface area contributed by atoms with Crippen molar-refractivity contribution in [3.8, 4) is 0 Å². The Kier molecular flexibility index (Phi) is 7.34. The predicted molar refractivity (Wildman–Crippen MR) is 97.6 cm³/mol. The number of hydrogen-bond donors (Lipinski definition) is 2. The number of likely N-dealkylation sites (tertiary alicyclic amines) is 1. The molecule has 1 aromatic rings. The number of nitrogens with one attached hydrogen (secondary N) is 2. The van der Waals surface area contributed by atoms with Crippen LogP contribution in [0.2, 0.25) is 10.0 Å². The molecule has 1 heterocycles. The number of rotatable bonds is 6. The summed E-state index contributed by atoms with van der Waals surface area (Å²) in [5.74, 6) is -0.0194. The van der Waals surface area contributed by atoms with Gasteiger partial charge in [0, 0.05) is 37.0 Å². The van der Waals surface area contributed by atoms with Crippen LogP contribution >= 0.6 is 23.2 Å². The third kappa shape index (κ3) is 5.96. The van der Waals surface area contributed by atoms with Gasteiger partial charge in [0.25, 0.3) is 0 Å². The summed E-state index contributed by atoms with van der Waals surface area (Å²) in [4.78, 5) is 25.8. The second-order valence-electron chi connectivity index (χ2n) is 5.98. The van der Waals surface area contributed by atoms with Gasteiger partial charge < -0.3 is 15.5 Å². The molecule has 1 fully saturated rings. The minimum absolute atomic E-state index is 0.0789. The first kappa shape index (κ1) is 19.0. The van der Waals surface area contributed by atoms with E-state index in [1.165, 1.54) is 0 Å². The highest BCUT2D eigenvalue weighted by molar-refractivity contribution is 6.35. The van der Waals surface area contributed by atoms with E-state index in [4.69, 9.17) is 23.2 Å². The van der Waals surface area contributed by atoms with Gasteiger partial charge in [-0.15, -0.1) is 0 Å². The Balaban J connectivity index is 1.78. The number of carbonyl (C=O) groups excluding carboxylic acids is 2. The minimum Gasteiger partial charge on any atom is -0.352 e. The van der Waals surface area contributed by atoms with Crippen LogP contribution in [-0.2, 0) is 9.59 Å². The average Bonchev–Trinajstić information content (AvgIpc) is 2.56. The lowest BCUT2D eigenvalue weighted by Crippen LogP contribution is -2.48. The SMILES string of the molecule is CCC(=O)NC1CCCN(CCC(=O)Nc2cc(Cl)ccc2Cl)C1. The monoisotopic (exact) mass is 371 g/mol. The molecule has 0 radical (unpaired) electrons. The Labute approximate surface area is 152 Å². The molecule has 2 amide bonds. The Morgan fingerprint density at radius 2 is 2.08 bits per heavy atom. The Hall–Kier alpha value is -1.30. The molecule has 0 spiro atoms. The third-order valence-electron chi connectivity index (χ3n) is 4.05. The van der Waals surface area contributed by atoms with Crippen LogP contribution in [0.25, 0.3) is 0 Å². The van der Waals surface area contributed by atoms with E-state index in [9.17, 15) is 9.59 Å². The highest BCUT2D eigenvalue weighted by Crippen LogP contribution is 2.25. The second-order valence-corrected chi connectivity index (χ2v) is 6.83. The fourth-order valence-corrected chi connectivity index (χ4v) is 3.11. The largest absolute Gasteiger partial charge is 0.352 e. The molecule has 132 valence electrons. The summed E-state index contributed by atoms with van der Waals surface area (Å²) in [5, 5.41) is 6.81. The van der Waals surface area contributed by atoms with Gasteiger partial charge in [-0.2, -0.15) is 0 Å². The number of anilines is 1. The van der Waals surface area contributed by atoms with E-state index < -0.39 is 0 Å². The highest BCUT2D eigenvalue weighted by atomic mass is 35.5. The molecule has 24 heavy (non-hydrogen) atoms. The lowest BCUT2D eigenvalue weighted by molar-refractivity contribution is -0.122. The van der Waals surface area contributed by atoms with E-state index >= 15 is 0 Å². The normalized spacial score (nSPS) is 18.2. The van der Waals surface area contributed by atoms with Gasteiger partial charge in [-0.05, 0) is 37.6 Å². The van der Waals surface area contributed by atoms with Crippen LogP contribution < -0.4 is 10.6 Å². The Bertz CT molecular complexity index is 595. The van der Waals surface area contributed by atoms with Crippen molar-refractivity contribution in [3.63, 3.8) is 0 Å². The van der Waals surface area contributed by atoms with E-state index in [2.05, 4.69) is 15.5 Å².